The minimum absolute atomic E-state index is 0.386. The molecule has 1 unspecified atom stereocenters. The largest absolute Gasteiger partial charge is 0.466 e. The molecule has 18 heavy (non-hydrogen) atoms. The zero-order valence-electron chi connectivity index (χ0n) is 12.8. The molecule has 1 fully saturated rings. The fraction of sp³-hybridized carbons (Fsp3) is 0.750. The molecule has 1 heterocycles. The lowest BCUT2D eigenvalue weighted by Crippen LogP contribution is -2.25. The maximum Gasteiger partial charge on any atom is 0.105 e. The minimum Gasteiger partial charge on any atom is -0.466 e. The molecule has 0 radical (unpaired) electrons. The summed E-state index contributed by atoms with van der Waals surface area (Å²) in [5.41, 5.74) is 2.12. The van der Waals surface area contributed by atoms with Crippen LogP contribution in [-0.4, -0.2) is 6.54 Å². The van der Waals surface area contributed by atoms with Crippen molar-refractivity contribution in [2.24, 2.45) is 16.7 Å². The number of hydrogen-bond donors (Lipinski definition) is 1. The van der Waals surface area contributed by atoms with Crippen molar-refractivity contribution in [1.82, 2.24) is 5.32 Å². The molecule has 1 aromatic rings. The lowest BCUT2D eigenvalue weighted by molar-refractivity contribution is 0.408. The molecule has 1 N–H and O–H groups in total. The van der Waals surface area contributed by atoms with Crippen LogP contribution in [0.25, 0.3) is 0 Å². The second kappa shape index (κ2) is 4.12. The Kier molecular flexibility index (Phi) is 3.13. The minimum atomic E-state index is 0.386. The van der Waals surface area contributed by atoms with Crippen LogP contribution in [0, 0.1) is 30.6 Å². The van der Waals surface area contributed by atoms with Crippen LogP contribution >= 0.6 is 0 Å². The van der Waals surface area contributed by atoms with E-state index < -0.39 is 0 Å². The Morgan fingerprint density at radius 3 is 2.11 bits per heavy atom. The van der Waals surface area contributed by atoms with Crippen molar-refractivity contribution in [3.05, 3.63) is 23.2 Å². The first kappa shape index (κ1) is 13.7. The van der Waals surface area contributed by atoms with Crippen LogP contribution in [-0.2, 0) is 0 Å². The fourth-order valence-electron chi connectivity index (χ4n) is 3.67. The molecule has 1 aliphatic carbocycles. The summed E-state index contributed by atoms with van der Waals surface area (Å²) in [6, 6.07) is 2.62. The smallest absolute Gasteiger partial charge is 0.105 e. The highest BCUT2D eigenvalue weighted by Gasteiger charge is 2.67. The Bertz CT molecular complexity index is 428. The van der Waals surface area contributed by atoms with Crippen LogP contribution in [0.3, 0.4) is 0 Å². The summed E-state index contributed by atoms with van der Waals surface area (Å²) in [5.74, 6) is 2.75. The van der Waals surface area contributed by atoms with Gasteiger partial charge in [0, 0.05) is 11.6 Å². The Morgan fingerprint density at radius 2 is 1.78 bits per heavy atom. The molecule has 1 atom stereocenters. The monoisotopic (exact) mass is 249 g/mol. The van der Waals surface area contributed by atoms with Crippen molar-refractivity contribution < 1.29 is 4.42 Å². The highest BCUT2D eigenvalue weighted by molar-refractivity contribution is 5.30. The first-order chi connectivity index (χ1) is 8.23. The molecule has 2 rings (SSSR count). The van der Waals surface area contributed by atoms with Gasteiger partial charge in [-0.3, -0.25) is 0 Å². The summed E-state index contributed by atoms with van der Waals surface area (Å²) < 4.78 is 5.72. The molecule has 0 spiro atoms. The van der Waals surface area contributed by atoms with E-state index in [0.717, 1.165) is 18.1 Å². The summed E-state index contributed by atoms with van der Waals surface area (Å²) in [5, 5.41) is 3.67. The van der Waals surface area contributed by atoms with Crippen molar-refractivity contribution in [2.75, 3.05) is 6.54 Å². The van der Waals surface area contributed by atoms with Crippen LogP contribution in [0.1, 0.15) is 57.7 Å². The summed E-state index contributed by atoms with van der Waals surface area (Å²) in [4.78, 5) is 0. The van der Waals surface area contributed by atoms with Crippen LogP contribution in [0.4, 0.5) is 0 Å². The fourth-order valence-corrected chi connectivity index (χ4v) is 3.67. The second-order valence-corrected chi connectivity index (χ2v) is 6.82. The Labute approximate surface area is 111 Å². The van der Waals surface area contributed by atoms with Crippen LogP contribution in [0.15, 0.2) is 10.5 Å². The molecule has 0 bridgehead atoms. The zero-order chi connectivity index (χ0) is 13.7. The summed E-state index contributed by atoms with van der Waals surface area (Å²) in [6.45, 7) is 16.8. The number of furan rings is 1. The van der Waals surface area contributed by atoms with E-state index in [1.807, 2.05) is 6.92 Å². The van der Waals surface area contributed by atoms with Crippen LogP contribution in [0.5, 0.6) is 0 Å². The third kappa shape index (κ3) is 1.82. The number of hydrogen-bond acceptors (Lipinski definition) is 2. The van der Waals surface area contributed by atoms with Gasteiger partial charge < -0.3 is 9.73 Å². The molecule has 1 saturated carbocycles. The van der Waals surface area contributed by atoms with Gasteiger partial charge in [-0.1, -0.05) is 34.6 Å². The molecule has 0 amide bonds. The number of nitrogens with one attached hydrogen (secondary N) is 1. The van der Waals surface area contributed by atoms with E-state index in [1.54, 1.807) is 0 Å². The van der Waals surface area contributed by atoms with E-state index in [1.165, 1.54) is 5.56 Å². The molecule has 1 aromatic heterocycles. The van der Waals surface area contributed by atoms with Gasteiger partial charge in [0.25, 0.3) is 0 Å². The second-order valence-electron chi connectivity index (χ2n) is 6.82. The van der Waals surface area contributed by atoms with E-state index in [9.17, 15) is 0 Å². The lowest BCUT2D eigenvalue weighted by atomic mass is 9.96. The van der Waals surface area contributed by atoms with Crippen molar-refractivity contribution >= 4 is 0 Å². The van der Waals surface area contributed by atoms with Gasteiger partial charge in [-0.25, -0.2) is 0 Å². The Morgan fingerprint density at radius 1 is 1.22 bits per heavy atom. The molecule has 2 heteroatoms. The van der Waals surface area contributed by atoms with Crippen LogP contribution < -0.4 is 5.32 Å². The van der Waals surface area contributed by atoms with Gasteiger partial charge in [-0.2, -0.15) is 0 Å². The van der Waals surface area contributed by atoms with Gasteiger partial charge in [0.05, 0.1) is 0 Å². The average molecular weight is 249 g/mol. The van der Waals surface area contributed by atoms with E-state index in [4.69, 9.17) is 4.42 Å². The standard InChI is InChI=1S/C16H27NO/c1-8-17-13(12-9-10(2)18-11(12)3)14-15(4,5)16(14,6)7/h9,13-14,17H,8H2,1-7H3. The summed E-state index contributed by atoms with van der Waals surface area (Å²) >= 11 is 0. The molecule has 0 saturated heterocycles. The maximum absolute atomic E-state index is 5.72. The third-order valence-electron chi connectivity index (χ3n) is 5.30. The average Bonchev–Trinajstić information content (AvgIpc) is 2.53. The van der Waals surface area contributed by atoms with Crippen molar-refractivity contribution in [3.8, 4) is 0 Å². The first-order valence-electron chi connectivity index (χ1n) is 7.03. The van der Waals surface area contributed by atoms with Gasteiger partial charge in [0.1, 0.15) is 11.5 Å². The normalized spacial score (nSPS) is 23.1. The molecule has 0 aliphatic heterocycles. The molecular weight excluding hydrogens is 222 g/mol. The van der Waals surface area contributed by atoms with Crippen molar-refractivity contribution in [2.45, 2.75) is 54.5 Å². The Balaban J connectivity index is 2.34. The van der Waals surface area contributed by atoms with Gasteiger partial charge in [0.15, 0.2) is 0 Å². The molecule has 0 aromatic carbocycles. The molecule has 102 valence electrons. The zero-order valence-corrected chi connectivity index (χ0v) is 12.8. The van der Waals surface area contributed by atoms with Crippen molar-refractivity contribution in [1.29, 1.82) is 0 Å². The van der Waals surface area contributed by atoms with Crippen molar-refractivity contribution in [3.63, 3.8) is 0 Å². The van der Waals surface area contributed by atoms with E-state index in [0.29, 0.717) is 22.8 Å². The van der Waals surface area contributed by atoms with E-state index in [2.05, 4.69) is 52.9 Å². The highest BCUT2D eigenvalue weighted by atomic mass is 16.3. The Hall–Kier alpha value is -0.760. The van der Waals surface area contributed by atoms with Gasteiger partial charge >= 0.3 is 0 Å². The first-order valence-corrected chi connectivity index (χ1v) is 7.03. The predicted octanol–water partition coefficient (Wildman–Crippen LogP) is 4.23. The lowest BCUT2D eigenvalue weighted by Gasteiger charge is -2.20. The third-order valence-corrected chi connectivity index (χ3v) is 5.30. The highest BCUT2D eigenvalue weighted by Crippen LogP contribution is 2.72. The van der Waals surface area contributed by atoms with Crippen LogP contribution in [0.2, 0.25) is 0 Å². The summed E-state index contributed by atoms with van der Waals surface area (Å²) in [6.07, 6.45) is 0. The van der Waals surface area contributed by atoms with Gasteiger partial charge in [-0.05, 0) is 43.2 Å². The molecule has 2 nitrogen and oxygen atoms in total. The SMILES string of the molecule is CCNC(c1cc(C)oc1C)C1C(C)(C)C1(C)C. The quantitative estimate of drug-likeness (QED) is 0.864. The topological polar surface area (TPSA) is 25.2 Å². The number of rotatable bonds is 4. The van der Waals surface area contributed by atoms with E-state index >= 15 is 0 Å². The maximum atomic E-state index is 5.72. The van der Waals surface area contributed by atoms with Gasteiger partial charge in [-0.15, -0.1) is 0 Å². The molecular formula is C16H27NO. The van der Waals surface area contributed by atoms with Gasteiger partial charge in [0.2, 0.25) is 0 Å². The molecule has 1 aliphatic rings. The number of aryl methyl sites for hydroxylation is 2. The predicted molar refractivity (Wildman–Crippen MR) is 75.7 cm³/mol. The van der Waals surface area contributed by atoms with E-state index in [-0.39, 0.29) is 0 Å². The summed E-state index contributed by atoms with van der Waals surface area (Å²) in [7, 11) is 0.